The maximum Gasteiger partial charge on any atom is 0.418 e. The number of hydrogen-bond acceptors (Lipinski definition) is 1. The van der Waals surface area contributed by atoms with E-state index in [1.165, 1.54) is 12.1 Å². The Balaban J connectivity index is 2.92. The quantitative estimate of drug-likeness (QED) is 0.803. The molecule has 0 saturated heterocycles. The molecule has 0 unspecified atom stereocenters. The van der Waals surface area contributed by atoms with Gasteiger partial charge in [0.2, 0.25) is 0 Å². The molecule has 0 saturated carbocycles. The second-order valence-electron chi connectivity index (χ2n) is 3.26. The number of amides is 2. The third-order valence-corrected chi connectivity index (χ3v) is 2.60. The van der Waals surface area contributed by atoms with E-state index >= 15 is 0 Å². The zero-order chi connectivity index (χ0) is 13.8. The van der Waals surface area contributed by atoms with Crippen molar-refractivity contribution in [1.29, 1.82) is 0 Å². The zero-order valence-electron chi connectivity index (χ0n) is 8.94. The summed E-state index contributed by atoms with van der Waals surface area (Å²) in [7, 11) is 0. The predicted octanol–water partition coefficient (Wildman–Crippen LogP) is 3.83. The van der Waals surface area contributed by atoms with Crippen LogP contribution in [0.15, 0.2) is 22.7 Å². The molecule has 0 spiro atoms. The summed E-state index contributed by atoms with van der Waals surface area (Å²) in [6.07, 6.45) is -4.54. The van der Waals surface area contributed by atoms with E-state index in [0.717, 1.165) is 6.07 Å². The van der Waals surface area contributed by atoms with Crippen molar-refractivity contribution in [1.82, 2.24) is 5.32 Å². The van der Waals surface area contributed by atoms with E-state index in [9.17, 15) is 18.0 Å². The largest absolute Gasteiger partial charge is 0.418 e. The van der Waals surface area contributed by atoms with Gasteiger partial charge in [0.25, 0.3) is 0 Å². The maximum atomic E-state index is 12.7. The molecule has 1 aromatic carbocycles. The molecule has 0 radical (unpaired) electrons. The summed E-state index contributed by atoms with van der Waals surface area (Å²) in [6, 6.07) is 2.75. The lowest BCUT2D eigenvalue weighted by Crippen LogP contribution is -2.31. The van der Waals surface area contributed by atoms with Crippen molar-refractivity contribution in [2.75, 3.05) is 17.7 Å². The number of anilines is 1. The van der Waals surface area contributed by atoms with Gasteiger partial charge in [-0.3, -0.25) is 0 Å². The van der Waals surface area contributed by atoms with E-state index < -0.39 is 17.8 Å². The van der Waals surface area contributed by atoms with Crippen LogP contribution in [0.4, 0.5) is 23.7 Å². The molecule has 18 heavy (non-hydrogen) atoms. The summed E-state index contributed by atoms with van der Waals surface area (Å²) in [5.74, 6) is 0.180. The number of rotatable bonds is 3. The van der Waals surface area contributed by atoms with Gasteiger partial charge in [-0.15, -0.1) is 11.6 Å². The van der Waals surface area contributed by atoms with E-state index in [-0.39, 0.29) is 22.6 Å². The van der Waals surface area contributed by atoms with Crippen LogP contribution >= 0.6 is 27.5 Å². The first-order valence-corrected chi connectivity index (χ1v) is 6.15. The van der Waals surface area contributed by atoms with Gasteiger partial charge in [-0.05, 0) is 18.2 Å². The van der Waals surface area contributed by atoms with Crippen LogP contribution in [0.25, 0.3) is 0 Å². The highest BCUT2D eigenvalue weighted by Crippen LogP contribution is 2.36. The van der Waals surface area contributed by atoms with Crippen LogP contribution in [0.2, 0.25) is 0 Å². The van der Waals surface area contributed by atoms with Crippen LogP contribution in [-0.4, -0.2) is 18.5 Å². The summed E-state index contributed by atoms with van der Waals surface area (Å²) in [5, 5.41) is 4.44. The molecule has 100 valence electrons. The molecule has 0 aliphatic heterocycles. The second-order valence-corrected chi connectivity index (χ2v) is 4.55. The molecule has 0 heterocycles. The fraction of sp³-hybridized carbons (Fsp3) is 0.300. The third-order valence-electron chi connectivity index (χ3n) is 1.92. The number of halogens is 5. The van der Waals surface area contributed by atoms with Crippen LogP contribution in [0.1, 0.15) is 5.56 Å². The van der Waals surface area contributed by atoms with E-state index in [1.807, 2.05) is 0 Å². The van der Waals surface area contributed by atoms with Crippen molar-refractivity contribution in [3.63, 3.8) is 0 Å². The molecule has 0 aliphatic rings. The normalized spacial score (nSPS) is 11.2. The molecule has 0 aliphatic carbocycles. The van der Waals surface area contributed by atoms with Gasteiger partial charge in [-0.1, -0.05) is 15.9 Å². The molecule has 3 nitrogen and oxygen atoms in total. The second kappa shape index (κ2) is 6.29. The van der Waals surface area contributed by atoms with Crippen LogP contribution in [0.5, 0.6) is 0 Å². The Kier molecular flexibility index (Phi) is 5.28. The number of hydrogen-bond donors (Lipinski definition) is 2. The summed E-state index contributed by atoms with van der Waals surface area (Å²) in [6.45, 7) is 0.172. The minimum atomic E-state index is -4.54. The summed E-state index contributed by atoms with van der Waals surface area (Å²) >= 11 is 8.30. The minimum Gasteiger partial charge on any atom is -0.337 e. The number of alkyl halides is 4. The first-order valence-electron chi connectivity index (χ1n) is 4.82. The molecule has 0 bridgehead atoms. The SMILES string of the molecule is O=C(NCCCl)Nc1ccc(Br)cc1C(F)(F)F. The van der Waals surface area contributed by atoms with Gasteiger partial charge in [0, 0.05) is 16.9 Å². The Labute approximate surface area is 115 Å². The molecule has 0 fully saturated rings. The van der Waals surface area contributed by atoms with Crippen molar-refractivity contribution in [3.8, 4) is 0 Å². The average Bonchev–Trinajstić information content (AvgIpc) is 2.27. The number of nitrogens with one attached hydrogen (secondary N) is 2. The highest BCUT2D eigenvalue weighted by Gasteiger charge is 2.34. The molecular formula is C10H9BrClF3N2O. The van der Waals surface area contributed by atoms with E-state index in [4.69, 9.17) is 11.6 Å². The van der Waals surface area contributed by atoms with Crippen molar-refractivity contribution in [2.45, 2.75) is 6.18 Å². The van der Waals surface area contributed by atoms with E-state index in [2.05, 4.69) is 26.6 Å². The Morgan fingerprint density at radius 2 is 2.06 bits per heavy atom. The van der Waals surface area contributed by atoms with Gasteiger partial charge in [-0.25, -0.2) is 4.79 Å². The molecular weight excluding hydrogens is 336 g/mol. The minimum absolute atomic E-state index is 0.172. The Bertz CT molecular complexity index is 440. The highest BCUT2D eigenvalue weighted by atomic mass is 79.9. The Morgan fingerprint density at radius 1 is 1.39 bits per heavy atom. The van der Waals surface area contributed by atoms with Crippen molar-refractivity contribution in [2.24, 2.45) is 0 Å². The first kappa shape index (κ1) is 15.1. The van der Waals surface area contributed by atoms with Gasteiger partial charge in [-0.2, -0.15) is 13.2 Å². The monoisotopic (exact) mass is 344 g/mol. The van der Waals surface area contributed by atoms with E-state index in [1.54, 1.807) is 0 Å². The number of carbonyl (C=O) groups is 1. The summed E-state index contributed by atoms with van der Waals surface area (Å²) in [4.78, 5) is 11.3. The van der Waals surface area contributed by atoms with Gasteiger partial charge in [0.1, 0.15) is 0 Å². The standard InChI is InChI=1S/C10H9BrClF3N2O/c11-6-1-2-8(7(5-6)10(13,14)15)17-9(18)16-4-3-12/h1-2,5H,3-4H2,(H2,16,17,18). The van der Waals surface area contributed by atoms with Crippen LogP contribution < -0.4 is 10.6 Å². The van der Waals surface area contributed by atoms with Gasteiger partial charge in [0.15, 0.2) is 0 Å². The van der Waals surface area contributed by atoms with Crippen molar-refractivity contribution >= 4 is 39.2 Å². The summed E-state index contributed by atoms with van der Waals surface area (Å²) < 4.78 is 38.4. The average molecular weight is 346 g/mol. The van der Waals surface area contributed by atoms with Crippen molar-refractivity contribution in [3.05, 3.63) is 28.2 Å². The molecule has 1 aromatic rings. The number of benzene rings is 1. The molecule has 1 rings (SSSR count). The van der Waals surface area contributed by atoms with Crippen LogP contribution in [-0.2, 0) is 6.18 Å². The van der Waals surface area contributed by atoms with Gasteiger partial charge in [0.05, 0.1) is 11.3 Å². The Hall–Kier alpha value is -0.950. The lowest BCUT2D eigenvalue weighted by molar-refractivity contribution is -0.136. The molecule has 8 heteroatoms. The van der Waals surface area contributed by atoms with Gasteiger partial charge < -0.3 is 10.6 Å². The number of carbonyl (C=O) groups excluding carboxylic acids is 1. The summed E-state index contributed by atoms with van der Waals surface area (Å²) in [5.41, 5.74) is -1.23. The lowest BCUT2D eigenvalue weighted by atomic mass is 10.1. The Morgan fingerprint density at radius 3 is 2.61 bits per heavy atom. The molecule has 0 atom stereocenters. The fourth-order valence-electron chi connectivity index (χ4n) is 1.19. The molecule has 2 N–H and O–H groups in total. The lowest BCUT2D eigenvalue weighted by Gasteiger charge is -2.14. The first-order chi connectivity index (χ1) is 8.34. The number of urea groups is 1. The maximum absolute atomic E-state index is 12.7. The van der Waals surface area contributed by atoms with Crippen molar-refractivity contribution < 1.29 is 18.0 Å². The predicted molar refractivity (Wildman–Crippen MR) is 66.9 cm³/mol. The topological polar surface area (TPSA) is 41.1 Å². The van der Waals surface area contributed by atoms with Crippen LogP contribution in [0, 0.1) is 0 Å². The van der Waals surface area contributed by atoms with Gasteiger partial charge >= 0.3 is 12.2 Å². The third kappa shape index (κ3) is 4.38. The van der Waals surface area contributed by atoms with E-state index in [0.29, 0.717) is 0 Å². The fourth-order valence-corrected chi connectivity index (χ4v) is 1.64. The molecule has 0 aromatic heterocycles. The molecule has 2 amide bonds. The van der Waals surface area contributed by atoms with Crippen LogP contribution in [0.3, 0.4) is 0 Å². The highest BCUT2D eigenvalue weighted by molar-refractivity contribution is 9.10. The zero-order valence-corrected chi connectivity index (χ0v) is 11.3. The smallest absolute Gasteiger partial charge is 0.337 e.